The Labute approximate surface area is 125 Å². The summed E-state index contributed by atoms with van der Waals surface area (Å²) in [7, 11) is -3.72. The maximum absolute atomic E-state index is 13.4. The monoisotopic (exact) mass is 315 g/mol. The molecule has 0 aliphatic carbocycles. The minimum absolute atomic E-state index is 0.171. The molecule has 1 aromatic rings. The van der Waals surface area contributed by atoms with E-state index < -0.39 is 15.8 Å². The van der Waals surface area contributed by atoms with Crippen LogP contribution in [0.3, 0.4) is 0 Å². The lowest BCUT2D eigenvalue weighted by atomic mass is 10.1. The number of rotatable bonds is 3. The van der Waals surface area contributed by atoms with Crippen molar-refractivity contribution in [1.29, 1.82) is 0 Å². The maximum Gasteiger partial charge on any atom is 0.243 e. The Morgan fingerprint density at radius 3 is 2.43 bits per heavy atom. The molecule has 0 bridgehead atoms. The van der Waals surface area contributed by atoms with E-state index in [4.69, 9.17) is 0 Å². The number of aliphatic hydroxyl groups is 1. The Morgan fingerprint density at radius 2 is 1.86 bits per heavy atom. The van der Waals surface area contributed by atoms with Crippen molar-refractivity contribution in [3.05, 3.63) is 29.1 Å². The lowest BCUT2D eigenvalue weighted by Gasteiger charge is -2.29. The van der Waals surface area contributed by atoms with Crippen LogP contribution in [0.25, 0.3) is 0 Å². The van der Waals surface area contributed by atoms with Gasteiger partial charge in [0, 0.05) is 12.6 Å². The number of nitrogens with zero attached hydrogens (tertiary/aromatic N) is 1. The van der Waals surface area contributed by atoms with Gasteiger partial charge in [-0.25, -0.2) is 12.8 Å². The third kappa shape index (κ3) is 3.27. The zero-order chi connectivity index (χ0) is 15.6. The zero-order valence-corrected chi connectivity index (χ0v) is 13.3. The van der Waals surface area contributed by atoms with Crippen LogP contribution in [0, 0.1) is 19.7 Å². The molecular formula is C15H22FNO3S. The van der Waals surface area contributed by atoms with Crippen molar-refractivity contribution in [2.24, 2.45) is 0 Å². The van der Waals surface area contributed by atoms with Gasteiger partial charge in [-0.2, -0.15) is 4.31 Å². The number of sulfonamides is 1. The molecule has 1 saturated heterocycles. The van der Waals surface area contributed by atoms with Crippen molar-refractivity contribution >= 4 is 10.0 Å². The van der Waals surface area contributed by atoms with Crippen LogP contribution in [0.1, 0.15) is 36.8 Å². The summed E-state index contributed by atoms with van der Waals surface area (Å²) >= 11 is 0. The molecule has 1 aromatic carbocycles. The van der Waals surface area contributed by atoms with Crippen molar-refractivity contribution in [1.82, 2.24) is 4.31 Å². The average Bonchev–Trinajstić information content (AvgIpc) is 2.62. The molecule has 1 unspecified atom stereocenters. The number of halogens is 1. The molecule has 0 spiro atoms. The van der Waals surface area contributed by atoms with Crippen molar-refractivity contribution < 1.29 is 17.9 Å². The van der Waals surface area contributed by atoms with E-state index in [0.717, 1.165) is 19.3 Å². The van der Waals surface area contributed by atoms with Gasteiger partial charge in [0.15, 0.2) is 0 Å². The van der Waals surface area contributed by atoms with Gasteiger partial charge in [0.2, 0.25) is 10.0 Å². The predicted octanol–water partition coefficient (Wildman–Crippen LogP) is 2.37. The molecule has 118 valence electrons. The summed E-state index contributed by atoms with van der Waals surface area (Å²) in [6, 6.07) is 2.10. The van der Waals surface area contributed by atoms with E-state index in [0.29, 0.717) is 24.1 Å². The first-order chi connectivity index (χ1) is 9.87. The number of hydrogen-bond donors (Lipinski definition) is 1. The van der Waals surface area contributed by atoms with E-state index in [-0.39, 0.29) is 17.5 Å². The smallest absolute Gasteiger partial charge is 0.243 e. The van der Waals surface area contributed by atoms with E-state index >= 15 is 0 Å². The fourth-order valence-corrected chi connectivity index (χ4v) is 5.17. The Balaban J connectivity index is 2.50. The first kappa shape index (κ1) is 16.4. The standard InChI is InChI=1S/C15H22FNO3S/c1-11-8-13(16)9-12(2)15(11)21(19,20)17-7-5-3-4-6-14(17)10-18/h8-9,14,18H,3-7,10H2,1-2H3. The van der Waals surface area contributed by atoms with Gasteiger partial charge in [-0.1, -0.05) is 12.8 Å². The highest BCUT2D eigenvalue weighted by Crippen LogP contribution is 2.29. The molecule has 1 aliphatic heterocycles. The van der Waals surface area contributed by atoms with Crippen molar-refractivity contribution in [3.8, 4) is 0 Å². The Kier molecular flexibility index (Phi) is 5.01. The second-order valence-corrected chi connectivity index (χ2v) is 7.50. The second kappa shape index (κ2) is 6.42. The van der Waals surface area contributed by atoms with Crippen LogP contribution in [0.2, 0.25) is 0 Å². The van der Waals surface area contributed by atoms with Crippen LogP contribution in [0.5, 0.6) is 0 Å². The van der Waals surface area contributed by atoms with Crippen molar-refractivity contribution in [2.75, 3.05) is 13.2 Å². The molecule has 0 saturated carbocycles. The largest absolute Gasteiger partial charge is 0.395 e. The highest BCUT2D eigenvalue weighted by atomic mass is 32.2. The molecule has 1 heterocycles. The number of benzene rings is 1. The van der Waals surface area contributed by atoms with Gasteiger partial charge in [0.05, 0.1) is 11.5 Å². The predicted molar refractivity (Wildman–Crippen MR) is 79.1 cm³/mol. The van der Waals surface area contributed by atoms with Gasteiger partial charge in [-0.15, -0.1) is 0 Å². The molecular weight excluding hydrogens is 293 g/mol. The minimum Gasteiger partial charge on any atom is -0.395 e. The molecule has 1 N–H and O–H groups in total. The van der Waals surface area contributed by atoms with E-state index in [1.165, 1.54) is 16.4 Å². The molecule has 6 heteroatoms. The average molecular weight is 315 g/mol. The summed E-state index contributed by atoms with van der Waals surface area (Å²) in [5, 5.41) is 9.51. The van der Waals surface area contributed by atoms with Gasteiger partial charge in [0.25, 0.3) is 0 Å². The van der Waals surface area contributed by atoms with Crippen LogP contribution >= 0.6 is 0 Å². The first-order valence-electron chi connectivity index (χ1n) is 7.27. The van der Waals surface area contributed by atoms with E-state index in [1.54, 1.807) is 13.8 Å². The molecule has 0 aromatic heterocycles. The fraction of sp³-hybridized carbons (Fsp3) is 0.600. The number of aliphatic hydroxyl groups excluding tert-OH is 1. The molecule has 2 rings (SSSR count). The Bertz CT molecular complexity index is 592. The molecule has 1 fully saturated rings. The summed E-state index contributed by atoms with van der Waals surface area (Å²) in [6.07, 6.45) is 3.33. The lowest BCUT2D eigenvalue weighted by Crippen LogP contribution is -2.42. The molecule has 4 nitrogen and oxygen atoms in total. The molecule has 1 aliphatic rings. The Hall–Kier alpha value is -0.980. The fourth-order valence-electron chi connectivity index (χ4n) is 3.07. The number of hydrogen-bond acceptors (Lipinski definition) is 3. The third-order valence-electron chi connectivity index (χ3n) is 4.03. The van der Waals surface area contributed by atoms with E-state index in [9.17, 15) is 17.9 Å². The van der Waals surface area contributed by atoms with Crippen LogP contribution in [0.15, 0.2) is 17.0 Å². The van der Waals surface area contributed by atoms with E-state index in [1.807, 2.05) is 0 Å². The summed E-state index contributed by atoms with van der Waals surface area (Å²) < 4.78 is 40.7. The second-order valence-electron chi connectivity index (χ2n) is 5.67. The first-order valence-corrected chi connectivity index (χ1v) is 8.71. The topological polar surface area (TPSA) is 57.6 Å². The third-order valence-corrected chi connectivity index (χ3v) is 6.28. The molecule has 21 heavy (non-hydrogen) atoms. The normalized spacial score (nSPS) is 21.2. The van der Waals surface area contributed by atoms with Crippen molar-refractivity contribution in [3.63, 3.8) is 0 Å². The van der Waals surface area contributed by atoms with Crippen molar-refractivity contribution in [2.45, 2.75) is 50.5 Å². The van der Waals surface area contributed by atoms with Gasteiger partial charge in [0.1, 0.15) is 5.82 Å². The van der Waals surface area contributed by atoms with Gasteiger partial charge >= 0.3 is 0 Å². The summed E-state index contributed by atoms with van der Waals surface area (Å²) in [6.45, 7) is 3.44. The van der Waals surface area contributed by atoms with E-state index in [2.05, 4.69) is 0 Å². The highest BCUT2D eigenvalue weighted by molar-refractivity contribution is 7.89. The minimum atomic E-state index is -3.72. The SMILES string of the molecule is Cc1cc(F)cc(C)c1S(=O)(=O)N1CCCCCC1CO. The lowest BCUT2D eigenvalue weighted by molar-refractivity contribution is 0.186. The number of aryl methyl sites for hydroxylation is 2. The summed E-state index contributed by atoms with van der Waals surface area (Å²) in [5.41, 5.74) is 0.821. The Morgan fingerprint density at radius 1 is 1.24 bits per heavy atom. The maximum atomic E-state index is 13.4. The molecule has 0 amide bonds. The zero-order valence-electron chi connectivity index (χ0n) is 12.5. The van der Waals surface area contributed by atoms with Crippen LogP contribution in [0.4, 0.5) is 4.39 Å². The van der Waals surface area contributed by atoms with Crippen LogP contribution in [-0.4, -0.2) is 37.0 Å². The quantitative estimate of drug-likeness (QED) is 0.931. The van der Waals surface area contributed by atoms with Crippen LogP contribution < -0.4 is 0 Å². The summed E-state index contributed by atoms with van der Waals surface area (Å²) in [4.78, 5) is 0.171. The van der Waals surface area contributed by atoms with Crippen LogP contribution in [-0.2, 0) is 10.0 Å². The highest BCUT2D eigenvalue weighted by Gasteiger charge is 2.34. The van der Waals surface area contributed by atoms with Gasteiger partial charge in [-0.05, 0) is 49.9 Å². The van der Waals surface area contributed by atoms with Gasteiger partial charge in [-0.3, -0.25) is 0 Å². The molecule has 0 radical (unpaired) electrons. The van der Waals surface area contributed by atoms with Gasteiger partial charge < -0.3 is 5.11 Å². The molecule has 1 atom stereocenters. The summed E-state index contributed by atoms with van der Waals surface area (Å²) in [5.74, 6) is -0.432.